The molecule has 2 aromatic rings. The molecule has 106 valence electrons. The van der Waals surface area contributed by atoms with Crippen molar-refractivity contribution in [3.63, 3.8) is 0 Å². The summed E-state index contributed by atoms with van der Waals surface area (Å²) in [5.41, 5.74) is 0.832. The highest BCUT2D eigenvalue weighted by Gasteiger charge is 2.17. The Morgan fingerprint density at radius 2 is 2.00 bits per heavy atom. The highest BCUT2D eigenvalue weighted by Crippen LogP contribution is 2.36. The van der Waals surface area contributed by atoms with Crippen molar-refractivity contribution in [1.82, 2.24) is 0 Å². The van der Waals surface area contributed by atoms with Gasteiger partial charge in [0, 0.05) is 11.9 Å². The van der Waals surface area contributed by atoms with Gasteiger partial charge in [0.1, 0.15) is 5.75 Å². The molecule has 0 bridgehead atoms. The molecule has 0 aromatic heterocycles. The predicted octanol–water partition coefficient (Wildman–Crippen LogP) is 4.76. The first-order valence-corrected chi connectivity index (χ1v) is 7.08. The molecule has 0 radical (unpaired) electrons. The summed E-state index contributed by atoms with van der Waals surface area (Å²) >= 11 is 9.06. The van der Waals surface area contributed by atoms with Crippen molar-refractivity contribution >= 4 is 33.2 Å². The topological polar surface area (TPSA) is 76.2 Å². The summed E-state index contributed by atoms with van der Waals surface area (Å²) in [7, 11) is 0. The van der Waals surface area contributed by atoms with Gasteiger partial charge in [-0.25, -0.2) is 0 Å². The summed E-state index contributed by atoms with van der Waals surface area (Å²) in [6.45, 7) is 0. The van der Waals surface area contributed by atoms with Crippen LogP contribution in [0.15, 0.2) is 40.9 Å². The molecule has 2 aromatic carbocycles. The number of benzene rings is 2. The van der Waals surface area contributed by atoms with E-state index in [2.05, 4.69) is 15.9 Å². The molecule has 21 heavy (non-hydrogen) atoms. The maximum atomic E-state index is 11.1. The molecule has 0 saturated heterocycles. The van der Waals surface area contributed by atoms with Gasteiger partial charge in [0.05, 0.1) is 21.0 Å². The van der Waals surface area contributed by atoms with Crippen LogP contribution in [-0.4, -0.2) is 4.92 Å². The van der Waals surface area contributed by atoms with E-state index in [1.54, 1.807) is 18.2 Å². The molecule has 0 saturated carbocycles. The van der Waals surface area contributed by atoms with Gasteiger partial charge >= 0.3 is 5.69 Å². The molecule has 0 N–H and O–H groups in total. The van der Waals surface area contributed by atoms with Gasteiger partial charge in [0.2, 0.25) is 5.75 Å². The van der Waals surface area contributed by atoms with E-state index in [1.807, 2.05) is 6.07 Å². The number of hydrogen-bond donors (Lipinski definition) is 0. The molecule has 7 heteroatoms. The zero-order valence-corrected chi connectivity index (χ0v) is 12.9. The zero-order chi connectivity index (χ0) is 15.4. The Hall–Kier alpha value is -2.10. The minimum atomic E-state index is -0.586. The number of ether oxygens (including phenoxy) is 1. The van der Waals surface area contributed by atoms with E-state index in [-0.39, 0.29) is 17.0 Å². The van der Waals surface area contributed by atoms with Crippen LogP contribution in [0.3, 0.4) is 0 Å². The van der Waals surface area contributed by atoms with Crippen LogP contribution in [0.25, 0.3) is 0 Å². The molecule has 0 atom stereocenters. The van der Waals surface area contributed by atoms with Gasteiger partial charge in [-0.1, -0.05) is 6.07 Å². The Bertz CT molecular complexity index is 743. The van der Waals surface area contributed by atoms with E-state index in [0.29, 0.717) is 16.1 Å². The van der Waals surface area contributed by atoms with Crippen LogP contribution >= 0.6 is 27.5 Å². The van der Waals surface area contributed by atoms with Gasteiger partial charge in [-0.15, -0.1) is 11.6 Å². The number of nitrogens with zero attached hydrogens (tertiary/aromatic N) is 2. The summed E-state index contributed by atoms with van der Waals surface area (Å²) in [5, 5.41) is 19.8. The molecule has 0 aliphatic heterocycles. The Kier molecular flexibility index (Phi) is 4.78. The first-order valence-electron chi connectivity index (χ1n) is 5.76. The van der Waals surface area contributed by atoms with Crippen molar-refractivity contribution in [2.45, 2.75) is 5.88 Å². The molecule has 0 heterocycles. The van der Waals surface area contributed by atoms with Crippen LogP contribution in [-0.2, 0) is 5.88 Å². The molecule has 0 amide bonds. The van der Waals surface area contributed by atoms with Crippen LogP contribution < -0.4 is 4.74 Å². The van der Waals surface area contributed by atoms with Crippen LogP contribution in [0, 0.1) is 21.4 Å². The highest BCUT2D eigenvalue weighted by molar-refractivity contribution is 9.10. The number of nitro groups is 1. The van der Waals surface area contributed by atoms with Crippen molar-refractivity contribution in [1.29, 1.82) is 5.26 Å². The Balaban J connectivity index is 2.40. The van der Waals surface area contributed by atoms with Crippen LogP contribution in [0.4, 0.5) is 5.69 Å². The predicted molar refractivity (Wildman–Crippen MR) is 81.6 cm³/mol. The molecular formula is C14H8BrClN2O3. The van der Waals surface area contributed by atoms with Gasteiger partial charge in [0.25, 0.3) is 0 Å². The third kappa shape index (κ3) is 3.51. The third-order valence-corrected chi connectivity index (χ3v) is 3.58. The lowest BCUT2D eigenvalue weighted by Gasteiger charge is -2.09. The molecule has 0 fully saturated rings. The lowest BCUT2D eigenvalue weighted by atomic mass is 10.2. The summed E-state index contributed by atoms with van der Waals surface area (Å²) in [5.74, 6) is 0.852. The fraction of sp³-hybridized carbons (Fsp3) is 0.0714. The SMILES string of the molecule is N#Cc1ccc(Oc2ccc(CCl)cc2Br)c([N+](=O)[O-])c1. The average molecular weight is 368 g/mol. The Morgan fingerprint density at radius 1 is 1.29 bits per heavy atom. The van der Waals surface area contributed by atoms with Crippen LogP contribution in [0.1, 0.15) is 11.1 Å². The quantitative estimate of drug-likeness (QED) is 0.443. The largest absolute Gasteiger partial charge is 0.449 e. The second-order valence-electron chi connectivity index (χ2n) is 4.05. The maximum absolute atomic E-state index is 11.1. The number of hydrogen-bond acceptors (Lipinski definition) is 4. The monoisotopic (exact) mass is 366 g/mol. The number of nitro benzene ring substituents is 1. The molecule has 5 nitrogen and oxygen atoms in total. The highest BCUT2D eigenvalue weighted by atomic mass is 79.9. The van der Waals surface area contributed by atoms with E-state index >= 15 is 0 Å². The van der Waals surface area contributed by atoms with E-state index in [9.17, 15) is 10.1 Å². The summed E-state index contributed by atoms with van der Waals surface area (Å²) < 4.78 is 6.20. The van der Waals surface area contributed by atoms with Gasteiger partial charge in [-0.3, -0.25) is 10.1 Å². The van der Waals surface area contributed by atoms with E-state index < -0.39 is 4.92 Å². The zero-order valence-electron chi connectivity index (χ0n) is 10.5. The van der Waals surface area contributed by atoms with Crippen molar-refractivity contribution in [3.8, 4) is 17.6 Å². The smallest absolute Gasteiger partial charge is 0.312 e. The van der Waals surface area contributed by atoms with Crippen molar-refractivity contribution in [2.75, 3.05) is 0 Å². The third-order valence-electron chi connectivity index (χ3n) is 2.66. The van der Waals surface area contributed by atoms with Crippen molar-refractivity contribution in [2.24, 2.45) is 0 Å². The first-order chi connectivity index (χ1) is 10.0. The fourth-order valence-corrected chi connectivity index (χ4v) is 2.32. The molecule has 0 aliphatic rings. The summed E-state index contributed by atoms with van der Waals surface area (Å²) in [6.07, 6.45) is 0. The maximum Gasteiger partial charge on any atom is 0.312 e. The summed E-state index contributed by atoms with van der Waals surface area (Å²) in [6, 6.07) is 11.1. The number of halogens is 2. The lowest BCUT2D eigenvalue weighted by Crippen LogP contribution is -1.95. The Labute approximate surface area is 134 Å². The minimum absolute atomic E-state index is 0.0679. The minimum Gasteiger partial charge on any atom is -0.449 e. The van der Waals surface area contributed by atoms with Gasteiger partial charge in [-0.05, 0) is 45.8 Å². The van der Waals surface area contributed by atoms with Crippen molar-refractivity contribution < 1.29 is 9.66 Å². The molecule has 0 unspecified atom stereocenters. The standard InChI is InChI=1S/C14H8BrClN2O3/c15-11-5-9(7-16)1-3-13(11)21-14-4-2-10(8-17)6-12(14)18(19)20/h1-6H,7H2. The summed E-state index contributed by atoms with van der Waals surface area (Å²) in [4.78, 5) is 10.5. The number of alkyl halides is 1. The van der Waals surface area contributed by atoms with Crippen LogP contribution in [0.2, 0.25) is 0 Å². The van der Waals surface area contributed by atoms with E-state index in [0.717, 1.165) is 5.56 Å². The normalized spacial score (nSPS) is 9.95. The molecule has 2 rings (SSSR count). The second-order valence-corrected chi connectivity index (χ2v) is 5.17. The number of rotatable bonds is 4. The lowest BCUT2D eigenvalue weighted by molar-refractivity contribution is -0.385. The first kappa shape index (κ1) is 15.3. The average Bonchev–Trinajstić information content (AvgIpc) is 2.49. The molecule has 0 aliphatic carbocycles. The van der Waals surface area contributed by atoms with Crippen LogP contribution in [0.5, 0.6) is 11.5 Å². The number of nitriles is 1. The van der Waals surface area contributed by atoms with E-state index in [1.165, 1.54) is 18.2 Å². The Morgan fingerprint density at radius 3 is 2.57 bits per heavy atom. The van der Waals surface area contributed by atoms with Gasteiger partial charge < -0.3 is 4.74 Å². The van der Waals surface area contributed by atoms with Crippen molar-refractivity contribution in [3.05, 3.63) is 62.1 Å². The second kappa shape index (κ2) is 6.57. The molecule has 0 spiro atoms. The van der Waals surface area contributed by atoms with E-state index in [4.69, 9.17) is 21.6 Å². The van der Waals surface area contributed by atoms with Gasteiger partial charge in [-0.2, -0.15) is 5.26 Å². The molecular weight excluding hydrogens is 360 g/mol. The van der Waals surface area contributed by atoms with Gasteiger partial charge in [0.15, 0.2) is 0 Å². The fourth-order valence-electron chi connectivity index (χ4n) is 1.64.